The van der Waals surface area contributed by atoms with Crippen molar-refractivity contribution in [1.29, 1.82) is 0 Å². The lowest BCUT2D eigenvalue weighted by atomic mass is 9.85. The van der Waals surface area contributed by atoms with Gasteiger partial charge in [0.15, 0.2) is 0 Å². The van der Waals surface area contributed by atoms with Crippen LogP contribution in [0.2, 0.25) is 0 Å². The number of aryl methyl sites for hydroxylation is 1. The zero-order valence-corrected chi connectivity index (χ0v) is 17.1. The van der Waals surface area contributed by atoms with Crippen molar-refractivity contribution < 1.29 is 14.3 Å². The van der Waals surface area contributed by atoms with E-state index < -0.39 is 0 Å². The Morgan fingerprint density at radius 2 is 2.15 bits per heavy atom. The Hall–Kier alpha value is -1.66. The standard InChI is InChI=1S/C20H25NO3S2/c1-4-6-14-10-13(11-25-14)18(22)21-19-17(20(23)24-3)15-8-7-12(5-2)9-16(15)26-19/h10-12H,4-9H2,1-3H3,(H,21,22)/t12-/m1/s1. The van der Waals surface area contributed by atoms with Crippen LogP contribution < -0.4 is 5.32 Å². The van der Waals surface area contributed by atoms with Gasteiger partial charge >= 0.3 is 5.97 Å². The maximum atomic E-state index is 12.7. The first-order valence-electron chi connectivity index (χ1n) is 9.18. The van der Waals surface area contributed by atoms with Gasteiger partial charge in [0.05, 0.1) is 18.2 Å². The molecular formula is C20H25NO3S2. The molecule has 0 aromatic carbocycles. The predicted molar refractivity (Wildman–Crippen MR) is 108 cm³/mol. The van der Waals surface area contributed by atoms with Gasteiger partial charge in [0.2, 0.25) is 0 Å². The smallest absolute Gasteiger partial charge is 0.341 e. The van der Waals surface area contributed by atoms with Crippen LogP contribution in [0, 0.1) is 5.92 Å². The second-order valence-corrected chi connectivity index (χ2v) is 8.82. The number of thiophene rings is 2. The summed E-state index contributed by atoms with van der Waals surface area (Å²) >= 11 is 3.15. The summed E-state index contributed by atoms with van der Waals surface area (Å²) in [4.78, 5) is 27.5. The van der Waals surface area contributed by atoms with Gasteiger partial charge in [-0.25, -0.2) is 4.79 Å². The predicted octanol–water partition coefficient (Wildman–Crippen LogP) is 5.32. The molecule has 140 valence electrons. The number of ether oxygens (including phenoxy) is 1. The number of esters is 1. The highest BCUT2D eigenvalue weighted by Crippen LogP contribution is 2.41. The van der Waals surface area contributed by atoms with Gasteiger partial charge < -0.3 is 10.1 Å². The second kappa shape index (κ2) is 8.35. The van der Waals surface area contributed by atoms with E-state index in [4.69, 9.17) is 4.74 Å². The Labute approximate surface area is 162 Å². The number of rotatable bonds is 6. The van der Waals surface area contributed by atoms with Crippen LogP contribution in [-0.2, 0) is 24.0 Å². The molecular weight excluding hydrogens is 366 g/mol. The maximum Gasteiger partial charge on any atom is 0.341 e. The van der Waals surface area contributed by atoms with Gasteiger partial charge in [-0.15, -0.1) is 22.7 Å². The number of methoxy groups -OCH3 is 1. The van der Waals surface area contributed by atoms with Crippen LogP contribution in [0.4, 0.5) is 5.00 Å². The van der Waals surface area contributed by atoms with Gasteiger partial charge in [-0.3, -0.25) is 4.79 Å². The largest absolute Gasteiger partial charge is 0.465 e. The molecule has 1 aliphatic rings. The summed E-state index contributed by atoms with van der Waals surface area (Å²) in [5.74, 6) is 0.146. The zero-order valence-electron chi connectivity index (χ0n) is 15.5. The molecule has 0 fully saturated rings. The normalized spacial score (nSPS) is 16.2. The van der Waals surface area contributed by atoms with Crippen molar-refractivity contribution in [3.63, 3.8) is 0 Å². The van der Waals surface area contributed by atoms with Gasteiger partial charge in [0.25, 0.3) is 5.91 Å². The minimum Gasteiger partial charge on any atom is -0.465 e. The van der Waals surface area contributed by atoms with E-state index in [1.807, 2.05) is 11.4 Å². The molecule has 3 rings (SSSR count). The third-order valence-electron chi connectivity index (χ3n) is 4.97. The van der Waals surface area contributed by atoms with Crippen molar-refractivity contribution in [3.05, 3.63) is 37.9 Å². The number of hydrogen-bond donors (Lipinski definition) is 1. The van der Waals surface area contributed by atoms with E-state index in [1.54, 1.807) is 11.3 Å². The van der Waals surface area contributed by atoms with E-state index in [2.05, 4.69) is 19.2 Å². The summed E-state index contributed by atoms with van der Waals surface area (Å²) in [7, 11) is 1.39. The molecule has 4 nitrogen and oxygen atoms in total. The molecule has 1 amide bonds. The Bertz CT molecular complexity index is 806. The zero-order chi connectivity index (χ0) is 18.7. The lowest BCUT2D eigenvalue weighted by molar-refractivity contribution is 0.0601. The number of amides is 1. The topological polar surface area (TPSA) is 55.4 Å². The average molecular weight is 392 g/mol. The number of carbonyl (C=O) groups excluding carboxylic acids is 2. The first kappa shape index (κ1) is 19.1. The minimum absolute atomic E-state index is 0.153. The van der Waals surface area contributed by atoms with Gasteiger partial charge in [-0.05, 0) is 43.2 Å². The first-order chi connectivity index (χ1) is 12.6. The van der Waals surface area contributed by atoms with Crippen molar-refractivity contribution >= 4 is 39.6 Å². The minimum atomic E-state index is -0.357. The fraction of sp³-hybridized carbons (Fsp3) is 0.500. The molecule has 0 bridgehead atoms. The highest BCUT2D eigenvalue weighted by molar-refractivity contribution is 7.17. The van der Waals surface area contributed by atoms with Crippen LogP contribution in [0.5, 0.6) is 0 Å². The molecule has 1 atom stereocenters. The molecule has 2 aromatic heterocycles. The highest BCUT2D eigenvalue weighted by Gasteiger charge is 2.29. The Morgan fingerprint density at radius 1 is 1.35 bits per heavy atom. The summed E-state index contributed by atoms with van der Waals surface area (Å²) in [6.45, 7) is 4.33. The van der Waals surface area contributed by atoms with E-state index in [0.29, 0.717) is 22.0 Å². The van der Waals surface area contributed by atoms with E-state index in [1.165, 1.54) is 28.2 Å². The molecule has 1 N–H and O–H groups in total. The van der Waals surface area contributed by atoms with Crippen LogP contribution in [-0.4, -0.2) is 19.0 Å². The summed E-state index contributed by atoms with van der Waals surface area (Å²) in [6, 6.07) is 1.95. The SMILES string of the molecule is CCCc1cc(C(=O)Nc2sc3c(c2C(=O)OC)CC[C@@H](CC)C3)cs1. The molecule has 2 aromatic rings. The summed E-state index contributed by atoms with van der Waals surface area (Å²) in [5, 5.41) is 5.49. The monoisotopic (exact) mass is 391 g/mol. The molecule has 0 radical (unpaired) electrons. The van der Waals surface area contributed by atoms with Crippen molar-refractivity contribution in [1.82, 2.24) is 0 Å². The van der Waals surface area contributed by atoms with Crippen LogP contribution in [0.15, 0.2) is 11.4 Å². The Morgan fingerprint density at radius 3 is 2.85 bits per heavy atom. The molecule has 6 heteroatoms. The van der Waals surface area contributed by atoms with Crippen LogP contribution in [0.3, 0.4) is 0 Å². The first-order valence-corrected chi connectivity index (χ1v) is 10.9. The van der Waals surface area contributed by atoms with Gasteiger partial charge in [-0.1, -0.05) is 26.7 Å². The number of anilines is 1. The van der Waals surface area contributed by atoms with E-state index in [0.717, 1.165) is 44.1 Å². The van der Waals surface area contributed by atoms with Crippen molar-refractivity contribution in [3.8, 4) is 0 Å². The lowest BCUT2D eigenvalue weighted by Gasteiger charge is -2.20. The summed E-state index contributed by atoms with van der Waals surface area (Å²) < 4.78 is 5.00. The highest BCUT2D eigenvalue weighted by atomic mass is 32.1. The molecule has 1 aliphatic carbocycles. The maximum absolute atomic E-state index is 12.7. The van der Waals surface area contributed by atoms with Gasteiger partial charge in [0.1, 0.15) is 5.00 Å². The molecule has 0 saturated carbocycles. The van der Waals surface area contributed by atoms with Crippen molar-refractivity contribution in [2.45, 2.75) is 52.4 Å². The van der Waals surface area contributed by atoms with Crippen molar-refractivity contribution in [2.24, 2.45) is 5.92 Å². The second-order valence-electron chi connectivity index (χ2n) is 6.72. The van der Waals surface area contributed by atoms with Crippen LogP contribution >= 0.6 is 22.7 Å². The molecule has 0 unspecified atom stereocenters. The lowest BCUT2D eigenvalue weighted by Crippen LogP contribution is -2.16. The number of fused-ring (bicyclic) bond motifs is 1. The van der Waals surface area contributed by atoms with Crippen LogP contribution in [0.1, 0.15) is 69.1 Å². The van der Waals surface area contributed by atoms with E-state index in [9.17, 15) is 9.59 Å². The number of nitrogens with one attached hydrogen (secondary N) is 1. The van der Waals surface area contributed by atoms with Gasteiger partial charge in [-0.2, -0.15) is 0 Å². The third-order valence-corrected chi connectivity index (χ3v) is 7.14. The van der Waals surface area contributed by atoms with E-state index >= 15 is 0 Å². The number of carbonyl (C=O) groups is 2. The Kier molecular flexibility index (Phi) is 6.14. The molecule has 0 aliphatic heterocycles. The summed E-state index contributed by atoms with van der Waals surface area (Å²) in [5.41, 5.74) is 2.28. The number of hydrogen-bond acceptors (Lipinski definition) is 5. The Balaban J connectivity index is 1.87. The van der Waals surface area contributed by atoms with Gasteiger partial charge in [0, 0.05) is 15.1 Å². The van der Waals surface area contributed by atoms with Crippen LogP contribution in [0.25, 0.3) is 0 Å². The molecule has 2 heterocycles. The third kappa shape index (κ3) is 3.86. The summed E-state index contributed by atoms with van der Waals surface area (Å²) in [6.07, 6.45) is 6.13. The van der Waals surface area contributed by atoms with E-state index in [-0.39, 0.29) is 11.9 Å². The fourth-order valence-corrected chi connectivity index (χ4v) is 5.78. The quantitative estimate of drug-likeness (QED) is 0.678. The fourth-order valence-electron chi connectivity index (χ4n) is 3.46. The van der Waals surface area contributed by atoms with Crippen molar-refractivity contribution in [2.75, 3.05) is 12.4 Å². The molecule has 0 saturated heterocycles. The molecule has 0 spiro atoms. The molecule has 26 heavy (non-hydrogen) atoms. The average Bonchev–Trinajstić information content (AvgIpc) is 3.25.